The fourth-order valence-electron chi connectivity index (χ4n) is 2.08. The smallest absolute Gasteiger partial charge is 0.210 e. The van der Waals surface area contributed by atoms with Gasteiger partial charge in [0.15, 0.2) is 0 Å². The van der Waals surface area contributed by atoms with Crippen LogP contribution in [0.25, 0.3) is 0 Å². The Balaban J connectivity index is 2.38. The van der Waals surface area contributed by atoms with Crippen LogP contribution in [0.1, 0.15) is 38.4 Å². The highest BCUT2D eigenvalue weighted by atomic mass is 16.7. The van der Waals surface area contributed by atoms with Crippen LogP contribution in [0.15, 0.2) is 24.3 Å². The van der Waals surface area contributed by atoms with Crippen molar-refractivity contribution in [2.45, 2.75) is 38.6 Å². The third-order valence-corrected chi connectivity index (χ3v) is 3.16. The molecule has 1 atom stereocenters. The second kappa shape index (κ2) is 4.44. The largest absolute Gasteiger partial charge is 0.462 e. The van der Waals surface area contributed by atoms with Gasteiger partial charge in [0.05, 0.1) is 6.61 Å². The van der Waals surface area contributed by atoms with Gasteiger partial charge in [-0.1, -0.05) is 32.0 Å². The fraction of sp³-hybridized carbons (Fsp3) is 0.538. The van der Waals surface area contributed by atoms with Gasteiger partial charge in [-0.3, -0.25) is 0 Å². The van der Waals surface area contributed by atoms with E-state index in [1.165, 1.54) is 0 Å². The predicted molar refractivity (Wildman–Crippen MR) is 61.3 cm³/mol. The summed E-state index contributed by atoms with van der Waals surface area (Å²) in [5.74, 6) is 0.248. The molecule has 1 N–H and O–H groups in total. The summed E-state index contributed by atoms with van der Waals surface area (Å²) in [4.78, 5) is 0. The van der Waals surface area contributed by atoms with Crippen molar-refractivity contribution in [3.8, 4) is 5.75 Å². The number of rotatable bonds is 3. The third kappa shape index (κ3) is 1.81. The molecule has 0 spiro atoms. The van der Waals surface area contributed by atoms with Crippen LogP contribution in [-0.4, -0.2) is 17.5 Å². The summed E-state index contributed by atoms with van der Waals surface area (Å²) in [6.07, 6.45) is 1.27. The van der Waals surface area contributed by atoms with Crippen LogP contribution in [0.5, 0.6) is 5.75 Å². The zero-order valence-corrected chi connectivity index (χ0v) is 9.77. The van der Waals surface area contributed by atoms with E-state index in [1.807, 2.05) is 38.1 Å². The van der Waals surface area contributed by atoms with Crippen LogP contribution < -0.4 is 4.74 Å². The zero-order chi connectivity index (χ0) is 11.6. The lowest BCUT2D eigenvalue weighted by Gasteiger charge is -2.40. The molecule has 1 aliphatic rings. The molecule has 0 unspecified atom stereocenters. The normalized spacial score (nSPS) is 22.3. The Labute approximate surface area is 96.0 Å². The first kappa shape index (κ1) is 11.4. The Kier molecular flexibility index (Phi) is 3.17. The number of fused-ring (bicyclic) bond motifs is 1. The molecular formula is C13H18O3. The first-order valence-electron chi connectivity index (χ1n) is 5.81. The van der Waals surface area contributed by atoms with E-state index >= 15 is 0 Å². The quantitative estimate of drug-likeness (QED) is 0.854. The molecule has 1 aromatic carbocycles. The van der Waals surface area contributed by atoms with E-state index in [1.54, 1.807) is 0 Å². The summed E-state index contributed by atoms with van der Waals surface area (Å²) in [5.41, 5.74) is 0.933. The molecule has 0 aliphatic carbocycles. The maximum absolute atomic E-state index is 9.38. The van der Waals surface area contributed by atoms with E-state index in [4.69, 9.17) is 9.47 Å². The van der Waals surface area contributed by atoms with Crippen LogP contribution in [0.4, 0.5) is 0 Å². The summed E-state index contributed by atoms with van der Waals surface area (Å²) in [6.45, 7) is 4.06. The molecule has 0 aromatic heterocycles. The highest BCUT2D eigenvalue weighted by Crippen LogP contribution is 2.41. The number of hydrogen-bond donors (Lipinski definition) is 1. The van der Waals surface area contributed by atoms with Crippen molar-refractivity contribution in [2.75, 3.05) is 6.61 Å². The second-order valence-electron chi connectivity index (χ2n) is 4.05. The Morgan fingerprint density at radius 3 is 2.56 bits per heavy atom. The molecule has 1 aromatic rings. The monoisotopic (exact) mass is 222 g/mol. The fourth-order valence-corrected chi connectivity index (χ4v) is 2.08. The van der Waals surface area contributed by atoms with Gasteiger partial charge in [-0.15, -0.1) is 0 Å². The first-order valence-corrected chi connectivity index (χ1v) is 5.81. The molecule has 88 valence electrons. The second-order valence-corrected chi connectivity index (χ2v) is 4.05. The number of aliphatic hydroxyl groups excluding tert-OH is 1. The number of benzene rings is 1. The maximum Gasteiger partial charge on any atom is 0.210 e. The van der Waals surface area contributed by atoms with E-state index in [9.17, 15) is 5.11 Å². The van der Waals surface area contributed by atoms with Crippen molar-refractivity contribution in [1.82, 2.24) is 0 Å². The molecule has 16 heavy (non-hydrogen) atoms. The van der Waals surface area contributed by atoms with Crippen molar-refractivity contribution in [1.29, 1.82) is 0 Å². The van der Waals surface area contributed by atoms with Crippen LogP contribution in [0.2, 0.25) is 0 Å². The highest BCUT2D eigenvalue weighted by molar-refractivity contribution is 5.37. The van der Waals surface area contributed by atoms with Gasteiger partial charge in [0.25, 0.3) is 0 Å². The lowest BCUT2D eigenvalue weighted by molar-refractivity contribution is -0.239. The van der Waals surface area contributed by atoms with Crippen LogP contribution >= 0.6 is 0 Å². The van der Waals surface area contributed by atoms with E-state index in [2.05, 4.69) is 0 Å². The number of hydrogen-bond acceptors (Lipinski definition) is 3. The van der Waals surface area contributed by atoms with Gasteiger partial charge >= 0.3 is 0 Å². The Morgan fingerprint density at radius 2 is 1.94 bits per heavy atom. The Hall–Kier alpha value is -1.06. The minimum absolute atomic E-state index is 0.0118. The van der Waals surface area contributed by atoms with Crippen LogP contribution in [0, 0.1) is 0 Å². The van der Waals surface area contributed by atoms with Crippen LogP contribution in [-0.2, 0) is 4.74 Å². The topological polar surface area (TPSA) is 38.7 Å². The molecule has 0 fully saturated rings. The van der Waals surface area contributed by atoms with Crippen LogP contribution in [0.3, 0.4) is 0 Å². The Bertz CT molecular complexity index is 358. The summed E-state index contributed by atoms with van der Waals surface area (Å²) < 4.78 is 11.8. The number of ether oxygens (including phenoxy) is 2. The standard InChI is InChI=1S/C13H18O3/c1-3-13(4-2)15-11-8-6-5-7-10(11)12(9-14)16-13/h5-8,12,14H,3-4,9H2,1-2H3/t12-/m0/s1. The summed E-state index contributed by atoms with van der Waals surface area (Å²) in [5, 5.41) is 9.38. The lowest BCUT2D eigenvalue weighted by atomic mass is 10.0. The van der Waals surface area contributed by atoms with Crippen molar-refractivity contribution >= 4 is 0 Å². The molecule has 0 amide bonds. The van der Waals surface area contributed by atoms with E-state index in [-0.39, 0.29) is 12.7 Å². The van der Waals surface area contributed by atoms with Crippen molar-refractivity contribution in [3.05, 3.63) is 29.8 Å². The first-order chi connectivity index (χ1) is 7.74. The molecule has 0 saturated heterocycles. The average molecular weight is 222 g/mol. The van der Waals surface area contributed by atoms with Gasteiger partial charge in [0.2, 0.25) is 5.79 Å². The van der Waals surface area contributed by atoms with Gasteiger partial charge < -0.3 is 14.6 Å². The minimum atomic E-state index is -0.582. The lowest BCUT2D eigenvalue weighted by Crippen LogP contribution is -2.43. The van der Waals surface area contributed by atoms with Gasteiger partial charge in [0, 0.05) is 18.4 Å². The zero-order valence-electron chi connectivity index (χ0n) is 9.77. The van der Waals surface area contributed by atoms with Gasteiger partial charge in [-0.25, -0.2) is 0 Å². The molecule has 2 rings (SSSR count). The molecule has 0 radical (unpaired) electrons. The molecule has 0 saturated carbocycles. The molecule has 3 nitrogen and oxygen atoms in total. The van der Waals surface area contributed by atoms with Gasteiger partial charge in [-0.2, -0.15) is 0 Å². The van der Waals surface area contributed by atoms with Gasteiger partial charge in [0.1, 0.15) is 11.9 Å². The van der Waals surface area contributed by atoms with Crippen molar-refractivity contribution < 1.29 is 14.6 Å². The summed E-state index contributed by atoms with van der Waals surface area (Å²) in [7, 11) is 0. The van der Waals surface area contributed by atoms with Crippen molar-refractivity contribution in [3.63, 3.8) is 0 Å². The van der Waals surface area contributed by atoms with E-state index in [0.29, 0.717) is 0 Å². The van der Waals surface area contributed by atoms with E-state index in [0.717, 1.165) is 24.2 Å². The van der Waals surface area contributed by atoms with Crippen molar-refractivity contribution in [2.24, 2.45) is 0 Å². The average Bonchev–Trinajstić information content (AvgIpc) is 2.37. The maximum atomic E-state index is 9.38. The number of aliphatic hydroxyl groups is 1. The molecule has 1 heterocycles. The van der Waals surface area contributed by atoms with E-state index < -0.39 is 5.79 Å². The SMILES string of the molecule is CCC1(CC)Oc2ccccc2[C@H](CO)O1. The molecule has 1 aliphatic heterocycles. The van der Waals surface area contributed by atoms with Gasteiger partial charge in [-0.05, 0) is 6.07 Å². The number of para-hydroxylation sites is 1. The highest BCUT2D eigenvalue weighted by Gasteiger charge is 2.38. The summed E-state index contributed by atoms with van der Waals surface area (Å²) in [6, 6.07) is 7.74. The molecular weight excluding hydrogens is 204 g/mol. The predicted octanol–water partition coefficient (Wildman–Crippen LogP) is 2.65. The minimum Gasteiger partial charge on any atom is -0.462 e. The molecule has 3 heteroatoms. The Morgan fingerprint density at radius 1 is 1.25 bits per heavy atom. The third-order valence-electron chi connectivity index (χ3n) is 3.16. The molecule has 0 bridgehead atoms. The summed E-state index contributed by atoms with van der Waals surface area (Å²) >= 11 is 0.